The number of nitro groups is 1. The first-order chi connectivity index (χ1) is 7.04. The molecule has 6 nitrogen and oxygen atoms in total. The molecule has 1 aromatic carbocycles. The zero-order valence-electron chi connectivity index (χ0n) is 8.52. The topological polar surface area (TPSA) is 93.5 Å². The molecule has 0 aliphatic carbocycles. The summed E-state index contributed by atoms with van der Waals surface area (Å²) in [6.45, 7) is 1.83. The van der Waals surface area contributed by atoms with E-state index in [4.69, 9.17) is 5.73 Å². The molecule has 0 spiro atoms. The molecule has 15 heavy (non-hydrogen) atoms. The molecule has 0 saturated heterocycles. The summed E-state index contributed by atoms with van der Waals surface area (Å²) in [5.41, 5.74) is 6.95. The van der Waals surface area contributed by atoms with E-state index >= 15 is 0 Å². The molecule has 0 aromatic heterocycles. The first kappa shape index (κ1) is 11.0. The molecular weight excluding hydrogens is 196 g/mol. The van der Waals surface area contributed by atoms with E-state index in [1.807, 2.05) is 6.92 Å². The summed E-state index contributed by atoms with van der Waals surface area (Å²) in [6, 6.07) is 4.52. The highest BCUT2D eigenvalue weighted by atomic mass is 16.6. The molecule has 0 saturated carbocycles. The molecule has 0 atom stereocenters. The molecular formula is C9H12N4O2. The van der Waals surface area contributed by atoms with Gasteiger partial charge in [-0.15, -0.1) is 0 Å². The average Bonchev–Trinajstić information content (AvgIpc) is 2.20. The number of non-ortho nitro benzene ring substituents is 1. The fourth-order valence-corrected chi connectivity index (χ4v) is 1.05. The van der Waals surface area contributed by atoms with Gasteiger partial charge in [0.2, 0.25) is 0 Å². The molecule has 0 bridgehead atoms. The number of aliphatic imine (C=N–C) groups is 1. The fraction of sp³-hybridized carbons (Fsp3) is 0.222. The Morgan fingerprint density at radius 3 is 2.80 bits per heavy atom. The maximum atomic E-state index is 10.5. The van der Waals surface area contributed by atoms with Crippen molar-refractivity contribution in [3.63, 3.8) is 0 Å². The van der Waals surface area contributed by atoms with E-state index in [1.54, 1.807) is 6.07 Å². The van der Waals surface area contributed by atoms with Crippen molar-refractivity contribution in [2.24, 2.45) is 10.7 Å². The molecule has 80 valence electrons. The zero-order chi connectivity index (χ0) is 11.4. The van der Waals surface area contributed by atoms with E-state index in [9.17, 15) is 10.1 Å². The lowest BCUT2D eigenvalue weighted by molar-refractivity contribution is -0.384. The minimum Gasteiger partial charge on any atom is -0.370 e. The lowest BCUT2D eigenvalue weighted by atomic mass is 10.2. The summed E-state index contributed by atoms with van der Waals surface area (Å²) in [5.74, 6) is 0.221. The Kier molecular flexibility index (Phi) is 3.22. The molecule has 3 N–H and O–H groups in total. The smallest absolute Gasteiger partial charge is 0.271 e. The standard InChI is InChI=1S/C9H12N4O2/c1-6-3-4-7(13(14)15)5-8(6)12-9(10)11-2/h3-5H,1-2H3,(H3,10,11,12). The van der Waals surface area contributed by atoms with Gasteiger partial charge in [-0.1, -0.05) is 6.07 Å². The highest BCUT2D eigenvalue weighted by molar-refractivity contribution is 5.93. The number of nitro benzene ring substituents is 1. The van der Waals surface area contributed by atoms with Crippen LogP contribution in [0.2, 0.25) is 0 Å². The quantitative estimate of drug-likeness (QED) is 0.331. The van der Waals surface area contributed by atoms with E-state index in [2.05, 4.69) is 10.3 Å². The van der Waals surface area contributed by atoms with Gasteiger partial charge in [0.15, 0.2) is 5.96 Å². The molecule has 0 heterocycles. The number of nitrogens with two attached hydrogens (primary N) is 1. The summed E-state index contributed by atoms with van der Waals surface area (Å²) >= 11 is 0. The van der Waals surface area contributed by atoms with E-state index in [0.29, 0.717) is 5.69 Å². The number of anilines is 1. The van der Waals surface area contributed by atoms with Crippen LogP contribution in [0.4, 0.5) is 11.4 Å². The lowest BCUT2D eigenvalue weighted by Gasteiger charge is -2.07. The lowest BCUT2D eigenvalue weighted by Crippen LogP contribution is -2.22. The van der Waals surface area contributed by atoms with Gasteiger partial charge in [-0.25, -0.2) is 0 Å². The van der Waals surface area contributed by atoms with Gasteiger partial charge in [0, 0.05) is 19.2 Å². The SMILES string of the molecule is CN=C(N)Nc1cc([N+](=O)[O-])ccc1C. The van der Waals surface area contributed by atoms with Gasteiger partial charge in [0.05, 0.1) is 10.6 Å². The van der Waals surface area contributed by atoms with Crippen LogP contribution in [0.5, 0.6) is 0 Å². The first-order valence-corrected chi connectivity index (χ1v) is 4.29. The number of hydrogen-bond acceptors (Lipinski definition) is 3. The Hall–Kier alpha value is -2.11. The minimum atomic E-state index is -0.454. The van der Waals surface area contributed by atoms with E-state index in [-0.39, 0.29) is 11.6 Å². The van der Waals surface area contributed by atoms with Crippen molar-refractivity contribution < 1.29 is 4.92 Å². The summed E-state index contributed by atoms with van der Waals surface area (Å²) in [4.78, 5) is 13.8. The van der Waals surface area contributed by atoms with Crippen molar-refractivity contribution in [1.29, 1.82) is 0 Å². The Morgan fingerprint density at radius 2 is 2.27 bits per heavy atom. The Labute approximate surface area is 87.0 Å². The van der Waals surface area contributed by atoms with Crippen LogP contribution in [0.25, 0.3) is 0 Å². The van der Waals surface area contributed by atoms with Crippen LogP contribution < -0.4 is 11.1 Å². The molecule has 0 amide bonds. The number of aryl methyl sites for hydroxylation is 1. The van der Waals surface area contributed by atoms with Crippen molar-refractivity contribution in [3.05, 3.63) is 33.9 Å². The van der Waals surface area contributed by atoms with E-state index < -0.39 is 4.92 Å². The van der Waals surface area contributed by atoms with E-state index in [1.165, 1.54) is 19.2 Å². The molecule has 0 fully saturated rings. The van der Waals surface area contributed by atoms with Gasteiger partial charge in [0.25, 0.3) is 5.69 Å². The normalized spacial score (nSPS) is 11.2. The van der Waals surface area contributed by atoms with Crippen LogP contribution in [-0.2, 0) is 0 Å². The highest BCUT2D eigenvalue weighted by Crippen LogP contribution is 2.21. The third-order valence-electron chi connectivity index (χ3n) is 1.94. The number of benzene rings is 1. The number of guanidine groups is 1. The van der Waals surface area contributed by atoms with Crippen molar-refractivity contribution in [2.45, 2.75) is 6.92 Å². The van der Waals surface area contributed by atoms with Crippen molar-refractivity contribution in [1.82, 2.24) is 0 Å². The second-order valence-electron chi connectivity index (χ2n) is 2.99. The molecule has 0 radical (unpaired) electrons. The Bertz CT molecular complexity index is 415. The molecule has 1 aromatic rings. The summed E-state index contributed by atoms with van der Waals surface area (Å²) in [7, 11) is 1.54. The largest absolute Gasteiger partial charge is 0.370 e. The predicted molar refractivity (Wildman–Crippen MR) is 59.0 cm³/mol. The maximum Gasteiger partial charge on any atom is 0.271 e. The highest BCUT2D eigenvalue weighted by Gasteiger charge is 2.08. The van der Waals surface area contributed by atoms with Crippen LogP contribution in [0.1, 0.15) is 5.56 Å². The van der Waals surface area contributed by atoms with Gasteiger partial charge in [0.1, 0.15) is 0 Å². The molecule has 6 heteroatoms. The summed E-state index contributed by atoms with van der Waals surface area (Å²) in [5, 5.41) is 13.3. The summed E-state index contributed by atoms with van der Waals surface area (Å²) in [6.07, 6.45) is 0. The fourth-order valence-electron chi connectivity index (χ4n) is 1.05. The third-order valence-corrected chi connectivity index (χ3v) is 1.94. The van der Waals surface area contributed by atoms with E-state index in [0.717, 1.165) is 5.56 Å². The molecule has 0 unspecified atom stereocenters. The third kappa shape index (κ3) is 2.67. The van der Waals surface area contributed by atoms with Gasteiger partial charge >= 0.3 is 0 Å². The Balaban J connectivity index is 3.05. The zero-order valence-corrected chi connectivity index (χ0v) is 8.52. The molecule has 0 aliphatic heterocycles. The van der Waals surface area contributed by atoms with Crippen molar-refractivity contribution in [2.75, 3.05) is 12.4 Å². The minimum absolute atomic E-state index is 0.0204. The van der Waals surface area contributed by atoms with Gasteiger partial charge < -0.3 is 11.1 Å². The number of hydrogen-bond donors (Lipinski definition) is 2. The summed E-state index contributed by atoms with van der Waals surface area (Å²) < 4.78 is 0. The van der Waals surface area contributed by atoms with Crippen LogP contribution in [-0.4, -0.2) is 17.9 Å². The van der Waals surface area contributed by atoms with Crippen molar-refractivity contribution >= 4 is 17.3 Å². The number of nitrogens with one attached hydrogen (secondary N) is 1. The van der Waals surface area contributed by atoms with Crippen molar-refractivity contribution in [3.8, 4) is 0 Å². The number of rotatable bonds is 2. The van der Waals surface area contributed by atoms with Gasteiger partial charge in [-0.2, -0.15) is 0 Å². The molecule has 0 aliphatic rings. The maximum absolute atomic E-state index is 10.5. The van der Waals surface area contributed by atoms with Gasteiger partial charge in [-0.05, 0) is 12.5 Å². The Morgan fingerprint density at radius 1 is 1.60 bits per heavy atom. The second-order valence-corrected chi connectivity index (χ2v) is 2.99. The van der Waals surface area contributed by atoms with Crippen LogP contribution in [0.3, 0.4) is 0 Å². The first-order valence-electron chi connectivity index (χ1n) is 4.29. The number of nitrogens with zero attached hydrogens (tertiary/aromatic N) is 2. The van der Waals surface area contributed by atoms with Crippen LogP contribution in [0.15, 0.2) is 23.2 Å². The van der Waals surface area contributed by atoms with Gasteiger partial charge in [-0.3, -0.25) is 15.1 Å². The van der Waals surface area contributed by atoms with Crippen LogP contribution in [0, 0.1) is 17.0 Å². The molecule has 1 rings (SSSR count). The average molecular weight is 208 g/mol. The predicted octanol–water partition coefficient (Wildman–Crippen LogP) is 1.26. The monoisotopic (exact) mass is 208 g/mol. The van der Waals surface area contributed by atoms with Crippen LogP contribution >= 0.6 is 0 Å². The second kappa shape index (κ2) is 4.41.